The second-order valence-electron chi connectivity index (χ2n) is 4.46. The first-order chi connectivity index (χ1) is 8.09. The molecule has 1 aromatic rings. The van der Waals surface area contributed by atoms with E-state index in [9.17, 15) is 9.59 Å². The number of hydrogen-bond acceptors (Lipinski definition) is 2. The molecule has 1 heterocycles. The lowest BCUT2D eigenvalue weighted by molar-refractivity contribution is -0.121. The van der Waals surface area contributed by atoms with Crippen LogP contribution < -0.4 is 5.73 Å². The molecular weight excluding hydrogens is 216 g/mol. The zero-order valence-corrected chi connectivity index (χ0v) is 9.85. The SMILES string of the molecule is CC(CN1CCc2ccccc2C1=O)C(N)=O. The number of nitrogens with two attached hydrogens (primary N) is 1. The molecule has 1 aliphatic heterocycles. The van der Waals surface area contributed by atoms with Crippen LogP contribution in [-0.4, -0.2) is 29.8 Å². The van der Waals surface area contributed by atoms with Crippen molar-refractivity contribution in [3.05, 3.63) is 35.4 Å². The Kier molecular flexibility index (Phi) is 3.13. The standard InChI is InChI=1S/C13H16N2O2/c1-9(12(14)16)8-15-7-6-10-4-2-3-5-11(10)13(15)17/h2-5,9H,6-8H2,1H3,(H2,14,16). The average Bonchev–Trinajstić information content (AvgIpc) is 2.33. The maximum absolute atomic E-state index is 12.1. The van der Waals surface area contributed by atoms with Gasteiger partial charge in [0.2, 0.25) is 5.91 Å². The van der Waals surface area contributed by atoms with E-state index in [1.54, 1.807) is 11.8 Å². The summed E-state index contributed by atoms with van der Waals surface area (Å²) in [4.78, 5) is 24.9. The normalized spacial score (nSPS) is 16.5. The van der Waals surface area contributed by atoms with Gasteiger partial charge in [0.05, 0.1) is 5.92 Å². The van der Waals surface area contributed by atoms with Crippen LogP contribution in [0, 0.1) is 5.92 Å². The highest BCUT2D eigenvalue weighted by molar-refractivity contribution is 5.97. The summed E-state index contributed by atoms with van der Waals surface area (Å²) >= 11 is 0. The molecule has 1 atom stereocenters. The van der Waals surface area contributed by atoms with Crippen LogP contribution in [0.2, 0.25) is 0 Å². The summed E-state index contributed by atoms with van der Waals surface area (Å²) in [7, 11) is 0. The van der Waals surface area contributed by atoms with Crippen molar-refractivity contribution in [2.45, 2.75) is 13.3 Å². The van der Waals surface area contributed by atoms with Crippen molar-refractivity contribution in [2.24, 2.45) is 11.7 Å². The molecule has 0 saturated heterocycles. The molecule has 90 valence electrons. The quantitative estimate of drug-likeness (QED) is 0.838. The van der Waals surface area contributed by atoms with Crippen molar-refractivity contribution in [1.82, 2.24) is 4.90 Å². The lowest BCUT2D eigenvalue weighted by Gasteiger charge is -2.29. The van der Waals surface area contributed by atoms with E-state index in [0.717, 1.165) is 17.5 Å². The van der Waals surface area contributed by atoms with Crippen LogP contribution in [0.3, 0.4) is 0 Å². The summed E-state index contributed by atoms with van der Waals surface area (Å²) in [5.41, 5.74) is 7.05. The van der Waals surface area contributed by atoms with Crippen LogP contribution in [0.1, 0.15) is 22.8 Å². The van der Waals surface area contributed by atoms with Gasteiger partial charge in [-0.05, 0) is 18.1 Å². The fraction of sp³-hybridized carbons (Fsp3) is 0.385. The van der Waals surface area contributed by atoms with Gasteiger partial charge in [-0.2, -0.15) is 0 Å². The number of carbonyl (C=O) groups excluding carboxylic acids is 2. The van der Waals surface area contributed by atoms with E-state index >= 15 is 0 Å². The molecule has 0 saturated carbocycles. The third-order valence-corrected chi connectivity index (χ3v) is 3.17. The number of rotatable bonds is 3. The molecule has 4 heteroatoms. The van der Waals surface area contributed by atoms with Gasteiger partial charge >= 0.3 is 0 Å². The zero-order valence-electron chi connectivity index (χ0n) is 9.85. The predicted octanol–water partition coefficient (Wildman–Crippen LogP) is 0.806. The molecule has 0 bridgehead atoms. The van der Waals surface area contributed by atoms with Gasteiger partial charge in [0.25, 0.3) is 5.91 Å². The Morgan fingerprint density at radius 3 is 2.88 bits per heavy atom. The van der Waals surface area contributed by atoms with Crippen LogP contribution in [0.5, 0.6) is 0 Å². The first-order valence-corrected chi connectivity index (χ1v) is 5.76. The molecule has 2 N–H and O–H groups in total. The highest BCUT2D eigenvalue weighted by atomic mass is 16.2. The molecule has 0 fully saturated rings. The van der Waals surface area contributed by atoms with E-state index in [0.29, 0.717) is 13.1 Å². The van der Waals surface area contributed by atoms with Gasteiger partial charge < -0.3 is 10.6 Å². The Morgan fingerprint density at radius 1 is 1.47 bits per heavy atom. The molecule has 17 heavy (non-hydrogen) atoms. The minimum atomic E-state index is -0.364. The molecule has 2 rings (SSSR count). The molecule has 0 radical (unpaired) electrons. The smallest absolute Gasteiger partial charge is 0.254 e. The first kappa shape index (κ1) is 11.6. The van der Waals surface area contributed by atoms with Crippen molar-refractivity contribution < 1.29 is 9.59 Å². The van der Waals surface area contributed by atoms with Crippen molar-refractivity contribution in [1.29, 1.82) is 0 Å². The van der Waals surface area contributed by atoms with Crippen molar-refractivity contribution in [3.8, 4) is 0 Å². The summed E-state index contributed by atoms with van der Waals surface area (Å²) in [6.07, 6.45) is 0.841. The summed E-state index contributed by atoms with van der Waals surface area (Å²) in [5.74, 6) is -0.666. The topological polar surface area (TPSA) is 63.4 Å². The number of hydrogen-bond donors (Lipinski definition) is 1. The summed E-state index contributed by atoms with van der Waals surface area (Å²) in [6, 6.07) is 7.60. The van der Waals surface area contributed by atoms with Gasteiger partial charge in [0, 0.05) is 18.7 Å². The monoisotopic (exact) mass is 232 g/mol. The van der Waals surface area contributed by atoms with Crippen molar-refractivity contribution >= 4 is 11.8 Å². The lowest BCUT2D eigenvalue weighted by Crippen LogP contribution is -2.42. The molecule has 0 aromatic heterocycles. The number of fused-ring (bicyclic) bond motifs is 1. The Hall–Kier alpha value is -1.84. The van der Waals surface area contributed by atoms with E-state index < -0.39 is 0 Å². The predicted molar refractivity (Wildman–Crippen MR) is 64.4 cm³/mol. The molecule has 0 aliphatic carbocycles. The highest BCUT2D eigenvalue weighted by Crippen LogP contribution is 2.19. The lowest BCUT2D eigenvalue weighted by atomic mass is 9.98. The van der Waals surface area contributed by atoms with Crippen LogP contribution in [0.4, 0.5) is 0 Å². The average molecular weight is 232 g/mol. The molecule has 2 amide bonds. The Balaban J connectivity index is 2.15. The number of amides is 2. The van der Waals surface area contributed by atoms with E-state index in [4.69, 9.17) is 5.73 Å². The number of carbonyl (C=O) groups is 2. The van der Waals surface area contributed by atoms with Gasteiger partial charge in [-0.25, -0.2) is 0 Å². The number of benzene rings is 1. The highest BCUT2D eigenvalue weighted by Gasteiger charge is 2.25. The van der Waals surface area contributed by atoms with Gasteiger partial charge in [0.1, 0.15) is 0 Å². The van der Waals surface area contributed by atoms with E-state index in [2.05, 4.69) is 0 Å². The number of primary amides is 1. The third-order valence-electron chi connectivity index (χ3n) is 3.17. The van der Waals surface area contributed by atoms with E-state index in [1.165, 1.54) is 0 Å². The maximum Gasteiger partial charge on any atom is 0.254 e. The van der Waals surface area contributed by atoms with Crippen LogP contribution in [0.25, 0.3) is 0 Å². The largest absolute Gasteiger partial charge is 0.369 e. The maximum atomic E-state index is 12.1. The molecular formula is C13H16N2O2. The Labute approximate surface area is 100 Å². The Bertz CT molecular complexity index is 456. The van der Waals surface area contributed by atoms with Crippen molar-refractivity contribution in [2.75, 3.05) is 13.1 Å². The minimum absolute atomic E-state index is 0.0000463. The fourth-order valence-corrected chi connectivity index (χ4v) is 2.07. The molecule has 1 unspecified atom stereocenters. The van der Waals surface area contributed by atoms with Crippen LogP contribution >= 0.6 is 0 Å². The summed E-state index contributed by atoms with van der Waals surface area (Å²) in [5, 5.41) is 0. The van der Waals surface area contributed by atoms with E-state index in [-0.39, 0.29) is 17.7 Å². The summed E-state index contributed by atoms with van der Waals surface area (Å²) < 4.78 is 0. The van der Waals surface area contributed by atoms with Gasteiger partial charge in [0.15, 0.2) is 0 Å². The zero-order chi connectivity index (χ0) is 12.4. The molecule has 4 nitrogen and oxygen atoms in total. The third kappa shape index (κ3) is 2.30. The van der Waals surface area contributed by atoms with Gasteiger partial charge in [-0.3, -0.25) is 9.59 Å². The second kappa shape index (κ2) is 4.57. The number of nitrogens with zero attached hydrogens (tertiary/aromatic N) is 1. The molecule has 0 spiro atoms. The summed E-state index contributed by atoms with van der Waals surface area (Å²) in [6.45, 7) is 2.81. The first-order valence-electron chi connectivity index (χ1n) is 5.76. The molecule has 1 aliphatic rings. The van der Waals surface area contributed by atoms with Crippen LogP contribution in [0.15, 0.2) is 24.3 Å². The second-order valence-corrected chi connectivity index (χ2v) is 4.46. The minimum Gasteiger partial charge on any atom is -0.369 e. The van der Waals surface area contributed by atoms with E-state index in [1.807, 2.05) is 24.3 Å². The Morgan fingerprint density at radius 2 is 2.18 bits per heavy atom. The molecule has 1 aromatic carbocycles. The fourth-order valence-electron chi connectivity index (χ4n) is 2.07. The van der Waals surface area contributed by atoms with Crippen LogP contribution in [-0.2, 0) is 11.2 Å². The van der Waals surface area contributed by atoms with Crippen molar-refractivity contribution in [3.63, 3.8) is 0 Å². The van der Waals surface area contributed by atoms with Gasteiger partial charge in [-0.1, -0.05) is 25.1 Å². The van der Waals surface area contributed by atoms with Gasteiger partial charge in [-0.15, -0.1) is 0 Å².